The van der Waals surface area contributed by atoms with Gasteiger partial charge >= 0.3 is 6.03 Å². The summed E-state index contributed by atoms with van der Waals surface area (Å²) >= 11 is 0. The van der Waals surface area contributed by atoms with Crippen molar-refractivity contribution < 1.29 is 18.0 Å². The van der Waals surface area contributed by atoms with Crippen molar-refractivity contribution in [1.82, 2.24) is 34.6 Å². The van der Waals surface area contributed by atoms with Crippen molar-refractivity contribution in [1.29, 1.82) is 5.26 Å². The Morgan fingerprint density at radius 1 is 1.08 bits per heavy atom. The summed E-state index contributed by atoms with van der Waals surface area (Å²) in [5, 5.41) is 18.3. The maximum atomic E-state index is 14.4. The number of aromatic nitrogens is 5. The number of amides is 2. The van der Waals surface area contributed by atoms with Gasteiger partial charge < -0.3 is 9.80 Å². The number of anilines is 1. The van der Waals surface area contributed by atoms with E-state index < -0.39 is 23.5 Å². The van der Waals surface area contributed by atoms with E-state index in [4.69, 9.17) is 5.26 Å². The maximum Gasteiger partial charge on any atom is 0.341 e. The van der Waals surface area contributed by atoms with Crippen molar-refractivity contribution in [3.8, 4) is 11.9 Å². The third-order valence-electron chi connectivity index (χ3n) is 5.91. The molecule has 0 unspecified atom stereocenters. The molecule has 1 fully saturated rings. The van der Waals surface area contributed by atoms with E-state index in [-0.39, 0.29) is 23.6 Å². The molecule has 5 rings (SSSR count). The van der Waals surface area contributed by atoms with Crippen molar-refractivity contribution in [2.45, 2.75) is 19.4 Å². The summed E-state index contributed by atoms with van der Waals surface area (Å²) < 4.78 is 43.0. The molecule has 3 aromatic rings. The normalized spacial score (nSPS) is 17.5. The number of urea groups is 1. The van der Waals surface area contributed by atoms with E-state index in [1.54, 1.807) is 29.0 Å². The molecule has 36 heavy (non-hydrogen) atoms. The fourth-order valence-corrected chi connectivity index (χ4v) is 4.17. The predicted molar refractivity (Wildman–Crippen MR) is 120 cm³/mol. The highest BCUT2D eigenvalue weighted by Gasteiger charge is 2.34. The zero-order valence-corrected chi connectivity index (χ0v) is 19.0. The molecule has 0 saturated carbocycles. The van der Waals surface area contributed by atoms with Crippen molar-refractivity contribution in [3.63, 3.8) is 0 Å². The lowest BCUT2D eigenvalue weighted by Crippen LogP contribution is -2.52. The Hall–Kier alpha value is -4.54. The maximum absolute atomic E-state index is 14.4. The van der Waals surface area contributed by atoms with Crippen LogP contribution in [0.25, 0.3) is 5.82 Å². The first-order valence-electron chi connectivity index (χ1n) is 11.0. The number of hydrogen-bond acceptors (Lipinski definition) is 8. The van der Waals surface area contributed by atoms with Crippen LogP contribution < -0.4 is 4.90 Å². The molecule has 11 nitrogen and oxygen atoms in total. The molecule has 14 heteroatoms. The molecule has 0 bridgehead atoms. The van der Waals surface area contributed by atoms with Crippen LogP contribution in [0.1, 0.15) is 29.7 Å². The lowest BCUT2D eigenvalue weighted by molar-refractivity contribution is 0.139. The number of piperazine rings is 1. The second-order valence-electron chi connectivity index (χ2n) is 8.20. The zero-order chi connectivity index (χ0) is 25.4. The highest BCUT2D eigenvalue weighted by molar-refractivity contribution is 5.78. The van der Waals surface area contributed by atoms with Gasteiger partial charge in [0.25, 0.3) is 5.82 Å². The van der Waals surface area contributed by atoms with E-state index in [0.29, 0.717) is 44.0 Å². The molecule has 2 amide bonds. The van der Waals surface area contributed by atoms with E-state index >= 15 is 0 Å². The lowest BCUT2D eigenvalue weighted by atomic mass is 10.0. The highest BCUT2D eigenvalue weighted by atomic mass is 19.1. The van der Waals surface area contributed by atoms with Crippen LogP contribution >= 0.6 is 0 Å². The number of carbonyl (C=O) groups is 1. The van der Waals surface area contributed by atoms with Crippen LogP contribution in [0, 0.1) is 35.7 Å². The molecule has 184 valence electrons. The molecule has 1 saturated heterocycles. The molecule has 4 heterocycles. The lowest BCUT2D eigenvalue weighted by Gasteiger charge is -2.37. The number of hydrogen-bond donors (Lipinski definition) is 0. The molecule has 2 aliphatic rings. The Labute approximate surface area is 203 Å². The molecular weight excluding hydrogens is 477 g/mol. The Balaban J connectivity index is 1.29. The Bertz CT molecular complexity index is 1370. The minimum absolute atomic E-state index is 0.108. The number of aryl methyl sites for hydroxylation is 1. The van der Waals surface area contributed by atoms with Gasteiger partial charge in [-0.2, -0.15) is 20.0 Å². The van der Waals surface area contributed by atoms with Crippen LogP contribution in [0.3, 0.4) is 0 Å². The van der Waals surface area contributed by atoms with Crippen LogP contribution in [0.15, 0.2) is 29.5 Å². The van der Waals surface area contributed by atoms with E-state index in [1.165, 1.54) is 17.1 Å². The quantitative estimate of drug-likeness (QED) is 0.546. The monoisotopic (exact) mass is 496 g/mol. The summed E-state index contributed by atoms with van der Waals surface area (Å²) in [4.78, 5) is 28.8. The topological polar surface area (TPSA) is 119 Å². The van der Waals surface area contributed by atoms with Gasteiger partial charge in [-0.15, -0.1) is 5.10 Å². The average molecular weight is 496 g/mol. The smallest absolute Gasteiger partial charge is 0.337 e. The first-order chi connectivity index (χ1) is 17.3. The first kappa shape index (κ1) is 23.2. The third kappa shape index (κ3) is 4.30. The van der Waals surface area contributed by atoms with Gasteiger partial charge in [0.1, 0.15) is 23.5 Å². The first-order valence-corrected chi connectivity index (χ1v) is 11.0. The van der Waals surface area contributed by atoms with Gasteiger partial charge in [0.05, 0.1) is 12.2 Å². The summed E-state index contributed by atoms with van der Waals surface area (Å²) in [6.45, 7) is 2.88. The van der Waals surface area contributed by atoms with Gasteiger partial charge in [0, 0.05) is 44.9 Å². The Morgan fingerprint density at radius 2 is 1.81 bits per heavy atom. The van der Waals surface area contributed by atoms with Gasteiger partial charge in [0.2, 0.25) is 5.95 Å². The number of benzene rings is 1. The number of hydrazone groups is 1. The number of nitrogens with zero attached hydrogens (tertiary/aromatic N) is 10. The van der Waals surface area contributed by atoms with Gasteiger partial charge in [-0.25, -0.2) is 32.9 Å². The Morgan fingerprint density at radius 3 is 2.47 bits per heavy atom. The van der Waals surface area contributed by atoms with Gasteiger partial charge in [-0.3, -0.25) is 0 Å². The molecule has 0 N–H and O–H groups in total. The number of nitriles is 1. The van der Waals surface area contributed by atoms with E-state index in [9.17, 15) is 18.0 Å². The highest BCUT2D eigenvalue weighted by Crippen LogP contribution is 2.30. The second-order valence-corrected chi connectivity index (χ2v) is 8.20. The molecular formula is C22H19F3N10O. The fourth-order valence-electron chi connectivity index (χ4n) is 4.17. The summed E-state index contributed by atoms with van der Waals surface area (Å²) in [7, 11) is 0. The summed E-state index contributed by atoms with van der Waals surface area (Å²) in [5.41, 5.74) is 0.326. The SMILES string of the molecule is Cc1nc(C#N)nn1-c1nc(N2CCN(C(=O)N3N=CC[C@H]3c3cc(F)cc(F)c3)CC2)ncc1F. The van der Waals surface area contributed by atoms with E-state index in [1.807, 2.05) is 0 Å². The Kier molecular flexibility index (Phi) is 5.96. The summed E-state index contributed by atoms with van der Waals surface area (Å²) in [6, 6.07) is 3.98. The van der Waals surface area contributed by atoms with Crippen molar-refractivity contribution in [2.24, 2.45) is 5.10 Å². The van der Waals surface area contributed by atoms with Crippen LogP contribution in [0.2, 0.25) is 0 Å². The molecule has 0 aliphatic carbocycles. The van der Waals surface area contributed by atoms with Gasteiger partial charge in [-0.05, 0) is 24.6 Å². The van der Waals surface area contributed by atoms with E-state index in [2.05, 4.69) is 25.2 Å². The molecule has 2 aliphatic heterocycles. The summed E-state index contributed by atoms with van der Waals surface area (Å²) in [5.74, 6) is -1.88. The second kappa shape index (κ2) is 9.25. The average Bonchev–Trinajstić information content (AvgIpc) is 3.50. The van der Waals surface area contributed by atoms with E-state index in [0.717, 1.165) is 16.9 Å². The van der Waals surface area contributed by atoms with Crippen LogP contribution in [-0.4, -0.2) is 73.1 Å². The molecule has 1 aromatic carbocycles. The van der Waals surface area contributed by atoms with Crippen molar-refractivity contribution in [3.05, 3.63) is 59.1 Å². The van der Waals surface area contributed by atoms with Gasteiger partial charge in [-0.1, -0.05) is 0 Å². The standard InChI is InChI=1S/C22H19F3N10O/c1-13-29-19(11-26)31-34(13)20-17(25)12-27-21(30-20)32-4-6-33(7-5-32)22(36)35-18(2-3-28-35)14-8-15(23)10-16(24)9-14/h3,8-10,12,18H,2,4-7H2,1H3/t18-/m0/s1. The van der Waals surface area contributed by atoms with Crippen molar-refractivity contribution in [2.75, 3.05) is 31.1 Å². The van der Waals surface area contributed by atoms with Crippen LogP contribution in [-0.2, 0) is 0 Å². The fraction of sp³-hybridized carbons (Fsp3) is 0.318. The number of rotatable bonds is 3. The molecule has 0 spiro atoms. The van der Waals surface area contributed by atoms with Crippen molar-refractivity contribution >= 4 is 18.2 Å². The predicted octanol–water partition coefficient (Wildman–Crippen LogP) is 2.33. The largest absolute Gasteiger partial charge is 0.341 e. The molecule has 1 atom stereocenters. The third-order valence-corrected chi connectivity index (χ3v) is 5.91. The summed E-state index contributed by atoms with van der Waals surface area (Å²) in [6.07, 6.45) is 2.90. The number of halogens is 3. The molecule has 0 radical (unpaired) electrons. The minimum Gasteiger partial charge on any atom is -0.337 e. The minimum atomic E-state index is -0.725. The van der Waals surface area contributed by atoms with Crippen LogP contribution in [0.4, 0.5) is 23.9 Å². The zero-order valence-electron chi connectivity index (χ0n) is 19.0. The number of carbonyl (C=O) groups excluding carboxylic acids is 1. The van der Waals surface area contributed by atoms with Crippen LogP contribution in [0.5, 0.6) is 0 Å². The molecule has 2 aromatic heterocycles. The van der Waals surface area contributed by atoms with Gasteiger partial charge in [0.15, 0.2) is 11.6 Å².